The van der Waals surface area contributed by atoms with Crippen molar-refractivity contribution in [3.05, 3.63) is 72.4 Å². The van der Waals surface area contributed by atoms with Crippen molar-refractivity contribution in [2.45, 2.75) is 25.4 Å². The maximum absolute atomic E-state index is 6.35. The summed E-state index contributed by atoms with van der Waals surface area (Å²) in [7, 11) is 0. The summed E-state index contributed by atoms with van der Waals surface area (Å²) in [6.07, 6.45) is 17.0. The van der Waals surface area contributed by atoms with Gasteiger partial charge in [-0.2, -0.15) is 0 Å². The number of hydrogen-bond acceptors (Lipinski definition) is 2. The van der Waals surface area contributed by atoms with Crippen LogP contribution < -0.4 is 0 Å². The highest BCUT2D eigenvalue weighted by molar-refractivity contribution is 5.26. The Kier molecular flexibility index (Phi) is 6.25. The highest BCUT2D eigenvalue weighted by Crippen LogP contribution is 2.29. The lowest BCUT2D eigenvalue weighted by Gasteiger charge is -2.28. The van der Waals surface area contributed by atoms with Gasteiger partial charge >= 0.3 is 0 Å². The van der Waals surface area contributed by atoms with Gasteiger partial charge in [0.15, 0.2) is 0 Å². The van der Waals surface area contributed by atoms with E-state index in [1.54, 1.807) is 0 Å². The summed E-state index contributed by atoms with van der Waals surface area (Å²) in [6, 6.07) is 10.6. The molecule has 3 rings (SSSR count). The number of piperidine rings is 1. The molecule has 0 aromatic heterocycles. The molecule has 1 aliphatic carbocycles. The van der Waals surface area contributed by atoms with E-state index in [2.05, 4.69) is 71.7 Å². The standard InChI is InChI=1S/C21H27NO/c1-2-6-12-19(11-5-1)21(20-13-7-3-8-14-20)23-18-17-22-15-9-4-10-16-22/h1-3,5-8,11-14,19,21H,4,9-10,15-18H2. The molecule has 1 heterocycles. The van der Waals surface area contributed by atoms with E-state index < -0.39 is 0 Å². The molecule has 1 aromatic rings. The largest absolute Gasteiger partial charge is 0.371 e. The molecular weight excluding hydrogens is 282 g/mol. The molecule has 0 bridgehead atoms. The molecule has 1 aliphatic heterocycles. The minimum Gasteiger partial charge on any atom is -0.371 e. The van der Waals surface area contributed by atoms with Crippen LogP contribution in [-0.2, 0) is 4.74 Å². The second kappa shape index (κ2) is 8.85. The van der Waals surface area contributed by atoms with Crippen LogP contribution in [0.2, 0.25) is 0 Å². The third kappa shape index (κ3) is 4.92. The monoisotopic (exact) mass is 309 g/mol. The molecule has 2 aliphatic rings. The quantitative estimate of drug-likeness (QED) is 0.765. The predicted molar refractivity (Wildman–Crippen MR) is 96.3 cm³/mol. The fraction of sp³-hybridized carbons (Fsp3) is 0.429. The topological polar surface area (TPSA) is 12.5 Å². The van der Waals surface area contributed by atoms with Crippen molar-refractivity contribution in [1.29, 1.82) is 0 Å². The van der Waals surface area contributed by atoms with Crippen LogP contribution in [-0.4, -0.2) is 31.1 Å². The van der Waals surface area contributed by atoms with E-state index in [4.69, 9.17) is 4.74 Å². The van der Waals surface area contributed by atoms with E-state index in [1.807, 2.05) is 0 Å². The molecule has 122 valence electrons. The van der Waals surface area contributed by atoms with Crippen LogP contribution >= 0.6 is 0 Å². The average Bonchev–Trinajstić information content (AvgIpc) is 2.90. The molecule has 2 heteroatoms. The van der Waals surface area contributed by atoms with Crippen LogP contribution in [0.25, 0.3) is 0 Å². The summed E-state index contributed by atoms with van der Waals surface area (Å²) in [6.45, 7) is 4.30. The first-order valence-electron chi connectivity index (χ1n) is 8.84. The minimum absolute atomic E-state index is 0.0911. The number of rotatable bonds is 6. The summed E-state index contributed by atoms with van der Waals surface area (Å²) in [5.41, 5.74) is 1.26. The molecule has 0 amide bonds. The number of allylic oxidation sites excluding steroid dienone is 4. The zero-order valence-electron chi connectivity index (χ0n) is 13.8. The number of likely N-dealkylation sites (tertiary alicyclic amines) is 1. The van der Waals surface area contributed by atoms with Crippen molar-refractivity contribution in [3.63, 3.8) is 0 Å². The number of hydrogen-bond donors (Lipinski definition) is 0. The van der Waals surface area contributed by atoms with Crippen LogP contribution in [0.5, 0.6) is 0 Å². The van der Waals surface area contributed by atoms with Crippen LogP contribution in [0.4, 0.5) is 0 Å². The smallest absolute Gasteiger partial charge is 0.0922 e. The maximum atomic E-state index is 6.35. The van der Waals surface area contributed by atoms with E-state index in [1.165, 1.54) is 37.9 Å². The highest BCUT2D eigenvalue weighted by Gasteiger charge is 2.20. The summed E-state index contributed by atoms with van der Waals surface area (Å²) in [5.74, 6) is 0.286. The predicted octanol–water partition coefficient (Wildman–Crippen LogP) is 4.53. The Morgan fingerprint density at radius 3 is 2.30 bits per heavy atom. The van der Waals surface area contributed by atoms with Crippen molar-refractivity contribution in [1.82, 2.24) is 4.90 Å². The second-order valence-corrected chi connectivity index (χ2v) is 6.34. The van der Waals surface area contributed by atoms with Gasteiger partial charge in [0.1, 0.15) is 0 Å². The van der Waals surface area contributed by atoms with E-state index in [-0.39, 0.29) is 12.0 Å². The first kappa shape index (κ1) is 16.2. The Bertz CT molecular complexity index is 524. The molecule has 0 saturated carbocycles. The molecule has 1 fully saturated rings. The molecule has 0 N–H and O–H groups in total. The molecule has 1 unspecified atom stereocenters. The number of benzene rings is 1. The lowest BCUT2D eigenvalue weighted by atomic mass is 9.95. The number of ether oxygens (including phenoxy) is 1. The van der Waals surface area contributed by atoms with Crippen LogP contribution in [0, 0.1) is 5.92 Å². The third-order valence-electron chi connectivity index (χ3n) is 4.63. The number of nitrogens with zero attached hydrogens (tertiary/aromatic N) is 1. The zero-order chi connectivity index (χ0) is 15.7. The van der Waals surface area contributed by atoms with Gasteiger partial charge in [0, 0.05) is 12.5 Å². The van der Waals surface area contributed by atoms with Crippen LogP contribution in [0.1, 0.15) is 30.9 Å². The van der Waals surface area contributed by atoms with Gasteiger partial charge in [-0.1, -0.05) is 73.2 Å². The van der Waals surface area contributed by atoms with E-state index in [9.17, 15) is 0 Å². The minimum atomic E-state index is 0.0911. The SMILES string of the molecule is C1=CC=CC(C(OCCN2CCCCC2)c2ccccc2)C=C1. The van der Waals surface area contributed by atoms with Crippen molar-refractivity contribution in [2.75, 3.05) is 26.2 Å². The van der Waals surface area contributed by atoms with Crippen LogP contribution in [0.15, 0.2) is 66.8 Å². The Morgan fingerprint density at radius 1 is 0.913 bits per heavy atom. The Labute approximate surface area is 140 Å². The first-order valence-corrected chi connectivity index (χ1v) is 8.84. The van der Waals surface area contributed by atoms with Gasteiger partial charge in [-0.05, 0) is 31.5 Å². The van der Waals surface area contributed by atoms with Gasteiger partial charge in [0.25, 0.3) is 0 Å². The molecule has 1 aromatic carbocycles. The fourth-order valence-electron chi connectivity index (χ4n) is 3.34. The molecule has 1 saturated heterocycles. The van der Waals surface area contributed by atoms with E-state index in [0.29, 0.717) is 0 Å². The van der Waals surface area contributed by atoms with E-state index >= 15 is 0 Å². The van der Waals surface area contributed by atoms with E-state index in [0.717, 1.165) is 13.2 Å². The van der Waals surface area contributed by atoms with Gasteiger partial charge in [-0.3, -0.25) is 0 Å². The highest BCUT2D eigenvalue weighted by atomic mass is 16.5. The molecule has 2 nitrogen and oxygen atoms in total. The second-order valence-electron chi connectivity index (χ2n) is 6.34. The lowest BCUT2D eigenvalue weighted by molar-refractivity contribution is 0.0193. The molecule has 0 spiro atoms. The van der Waals surface area contributed by atoms with Crippen molar-refractivity contribution >= 4 is 0 Å². The summed E-state index contributed by atoms with van der Waals surface area (Å²) in [5, 5.41) is 0. The first-order chi connectivity index (χ1) is 11.4. The van der Waals surface area contributed by atoms with Gasteiger partial charge in [-0.25, -0.2) is 0 Å². The Hall–Kier alpha value is -1.64. The van der Waals surface area contributed by atoms with Gasteiger partial charge in [-0.15, -0.1) is 0 Å². The third-order valence-corrected chi connectivity index (χ3v) is 4.63. The van der Waals surface area contributed by atoms with Gasteiger partial charge in [0.05, 0.1) is 12.7 Å². The molecule has 1 atom stereocenters. The Morgan fingerprint density at radius 2 is 1.61 bits per heavy atom. The summed E-state index contributed by atoms with van der Waals surface area (Å²) < 4.78 is 6.35. The van der Waals surface area contributed by atoms with Crippen LogP contribution in [0.3, 0.4) is 0 Å². The maximum Gasteiger partial charge on any atom is 0.0922 e. The summed E-state index contributed by atoms with van der Waals surface area (Å²) >= 11 is 0. The molecular formula is C21H27NO. The van der Waals surface area contributed by atoms with Crippen molar-refractivity contribution in [2.24, 2.45) is 5.92 Å². The van der Waals surface area contributed by atoms with Gasteiger partial charge < -0.3 is 9.64 Å². The Balaban J connectivity index is 1.63. The zero-order valence-corrected chi connectivity index (χ0v) is 13.8. The average molecular weight is 309 g/mol. The van der Waals surface area contributed by atoms with Crippen molar-refractivity contribution in [3.8, 4) is 0 Å². The normalized spacial score (nSPS) is 20.5. The lowest BCUT2D eigenvalue weighted by Crippen LogP contribution is -2.33. The molecule has 23 heavy (non-hydrogen) atoms. The fourth-order valence-corrected chi connectivity index (χ4v) is 3.34. The summed E-state index contributed by atoms with van der Waals surface area (Å²) in [4.78, 5) is 2.53. The van der Waals surface area contributed by atoms with Crippen molar-refractivity contribution < 1.29 is 4.74 Å². The van der Waals surface area contributed by atoms with Gasteiger partial charge in [0.2, 0.25) is 0 Å². The molecule has 0 radical (unpaired) electrons.